The SMILES string of the molecule is CCc1nc(C2CC2)nc(N2CCN(S(=O)(=O)CC)CC2)c1Cc1ccc(F)cc1. The first-order valence-electron chi connectivity index (χ1n) is 10.8. The minimum atomic E-state index is -3.18. The summed E-state index contributed by atoms with van der Waals surface area (Å²) in [5, 5.41) is 0. The van der Waals surface area contributed by atoms with Crippen molar-refractivity contribution in [3.63, 3.8) is 0 Å². The molecular formula is C22H29FN4O2S. The molecule has 2 fully saturated rings. The van der Waals surface area contributed by atoms with Crippen LogP contribution in [0.4, 0.5) is 10.2 Å². The first-order valence-corrected chi connectivity index (χ1v) is 12.4. The van der Waals surface area contributed by atoms with E-state index in [1.165, 1.54) is 12.1 Å². The van der Waals surface area contributed by atoms with Crippen LogP contribution in [-0.4, -0.2) is 54.6 Å². The normalized spacial score (nSPS) is 18.0. The van der Waals surface area contributed by atoms with Gasteiger partial charge < -0.3 is 4.90 Å². The van der Waals surface area contributed by atoms with Crippen molar-refractivity contribution in [2.75, 3.05) is 36.8 Å². The Morgan fingerprint density at radius 3 is 2.27 bits per heavy atom. The highest BCUT2D eigenvalue weighted by molar-refractivity contribution is 7.89. The summed E-state index contributed by atoms with van der Waals surface area (Å²) in [7, 11) is -3.18. The number of aryl methyl sites for hydroxylation is 1. The molecule has 0 atom stereocenters. The number of aromatic nitrogens is 2. The number of halogens is 1. The summed E-state index contributed by atoms with van der Waals surface area (Å²) >= 11 is 0. The molecule has 2 heterocycles. The molecule has 1 saturated heterocycles. The molecule has 0 N–H and O–H groups in total. The Labute approximate surface area is 178 Å². The molecule has 1 saturated carbocycles. The van der Waals surface area contributed by atoms with Crippen molar-refractivity contribution in [2.45, 2.75) is 45.4 Å². The molecule has 1 aliphatic heterocycles. The van der Waals surface area contributed by atoms with E-state index in [0.29, 0.717) is 38.5 Å². The molecule has 8 heteroatoms. The van der Waals surface area contributed by atoms with E-state index in [9.17, 15) is 12.8 Å². The smallest absolute Gasteiger partial charge is 0.213 e. The van der Waals surface area contributed by atoms with Crippen LogP contribution in [0.2, 0.25) is 0 Å². The van der Waals surface area contributed by atoms with Crippen LogP contribution in [0.1, 0.15) is 55.3 Å². The lowest BCUT2D eigenvalue weighted by atomic mass is 10.0. The van der Waals surface area contributed by atoms with E-state index < -0.39 is 10.0 Å². The second kappa shape index (κ2) is 8.59. The molecule has 0 bridgehead atoms. The fourth-order valence-electron chi connectivity index (χ4n) is 3.96. The summed E-state index contributed by atoms with van der Waals surface area (Å²) in [4.78, 5) is 12.0. The molecule has 0 amide bonds. The topological polar surface area (TPSA) is 66.4 Å². The zero-order chi connectivity index (χ0) is 21.3. The molecule has 1 aromatic carbocycles. The van der Waals surface area contributed by atoms with Crippen LogP contribution in [0.3, 0.4) is 0 Å². The highest BCUT2D eigenvalue weighted by Gasteiger charge is 2.31. The Morgan fingerprint density at radius 2 is 1.70 bits per heavy atom. The molecule has 6 nitrogen and oxygen atoms in total. The molecule has 162 valence electrons. The van der Waals surface area contributed by atoms with Crippen LogP contribution in [0.25, 0.3) is 0 Å². The first-order chi connectivity index (χ1) is 14.4. The van der Waals surface area contributed by atoms with Gasteiger partial charge in [0.25, 0.3) is 0 Å². The number of piperazine rings is 1. The van der Waals surface area contributed by atoms with Gasteiger partial charge >= 0.3 is 0 Å². The van der Waals surface area contributed by atoms with Crippen LogP contribution in [0.15, 0.2) is 24.3 Å². The van der Waals surface area contributed by atoms with E-state index in [1.54, 1.807) is 23.4 Å². The van der Waals surface area contributed by atoms with Crippen molar-refractivity contribution >= 4 is 15.8 Å². The number of sulfonamides is 1. The van der Waals surface area contributed by atoms with Crippen molar-refractivity contribution in [1.29, 1.82) is 0 Å². The summed E-state index contributed by atoms with van der Waals surface area (Å²) in [6.07, 6.45) is 3.69. The van der Waals surface area contributed by atoms with E-state index in [1.807, 2.05) is 0 Å². The quantitative estimate of drug-likeness (QED) is 0.673. The Balaban J connectivity index is 1.66. The Kier molecular flexibility index (Phi) is 6.06. The van der Waals surface area contributed by atoms with Gasteiger partial charge in [-0.25, -0.2) is 22.8 Å². The van der Waals surface area contributed by atoms with Gasteiger partial charge in [0, 0.05) is 49.8 Å². The molecule has 0 radical (unpaired) electrons. The van der Waals surface area contributed by atoms with Gasteiger partial charge in [-0.1, -0.05) is 19.1 Å². The maximum absolute atomic E-state index is 13.4. The summed E-state index contributed by atoms with van der Waals surface area (Å²) in [6.45, 7) is 5.94. The summed E-state index contributed by atoms with van der Waals surface area (Å²) in [5.41, 5.74) is 3.12. The van der Waals surface area contributed by atoms with Gasteiger partial charge in [-0.05, 0) is 43.9 Å². The standard InChI is InChI=1S/C22H29FN4O2S/c1-3-20-19(15-16-5-9-18(23)10-6-16)22(25-21(24-20)17-7-8-17)26-11-13-27(14-12-26)30(28,29)4-2/h5-6,9-10,17H,3-4,7-8,11-15H2,1-2H3. The molecule has 1 aliphatic carbocycles. The highest BCUT2D eigenvalue weighted by Crippen LogP contribution is 2.40. The third kappa shape index (κ3) is 4.49. The second-order valence-corrected chi connectivity index (χ2v) is 10.3. The summed E-state index contributed by atoms with van der Waals surface area (Å²) < 4.78 is 39.4. The maximum atomic E-state index is 13.4. The van der Waals surface area contributed by atoms with Gasteiger partial charge in [0.1, 0.15) is 17.5 Å². The van der Waals surface area contributed by atoms with Crippen molar-refractivity contribution in [3.8, 4) is 0 Å². The first kappa shape index (κ1) is 21.2. The van der Waals surface area contributed by atoms with Crippen LogP contribution in [0, 0.1) is 5.82 Å². The number of nitrogens with zero attached hydrogens (tertiary/aromatic N) is 4. The summed E-state index contributed by atoms with van der Waals surface area (Å²) in [5.74, 6) is 2.15. The van der Waals surface area contributed by atoms with Crippen LogP contribution >= 0.6 is 0 Å². The fraction of sp³-hybridized carbons (Fsp3) is 0.545. The zero-order valence-electron chi connectivity index (χ0n) is 17.6. The van der Waals surface area contributed by atoms with E-state index in [0.717, 1.165) is 47.7 Å². The van der Waals surface area contributed by atoms with E-state index in [2.05, 4.69) is 11.8 Å². The van der Waals surface area contributed by atoms with Gasteiger partial charge in [0.15, 0.2) is 0 Å². The van der Waals surface area contributed by atoms with Crippen LogP contribution in [-0.2, 0) is 22.9 Å². The van der Waals surface area contributed by atoms with Crippen LogP contribution in [0.5, 0.6) is 0 Å². The average molecular weight is 433 g/mol. The van der Waals surface area contributed by atoms with Crippen LogP contribution < -0.4 is 4.90 Å². The zero-order valence-corrected chi connectivity index (χ0v) is 18.5. The molecule has 0 unspecified atom stereocenters. The lowest BCUT2D eigenvalue weighted by molar-refractivity contribution is 0.384. The van der Waals surface area contributed by atoms with Crippen molar-refractivity contribution in [1.82, 2.24) is 14.3 Å². The van der Waals surface area contributed by atoms with E-state index >= 15 is 0 Å². The second-order valence-electron chi connectivity index (χ2n) is 8.05. The Hall–Kier alpha value is -2.06. The minimum Gasteiger partial charge on any atom is -0.354 e. The van der Waals surface area contributed by atoms with Crippen molar-refractivity contribution in [2.24, 2.45) is 0 Å². The fourth-order valence-corrected chi connectivity index (χ4v) is 5.05. The molecule has 2 aliphatic rings. The third-order valence-corrected chi connectivity index (χ3v) is 7.84. The molecule has 4 rings (SSSR count). The maximum Gasteiger partial charge on any atom is 0.213 e. The third-order valence-electron chi connectivity index (χ3n) is 5.96. The summed E-state index contributed by atoms with van der Waals surface area (Å²) in [6, 6.07) is 6.57. The van der Waals surface area contributed by atoms with Crippen molar-refractivity contribution < 1.29 is 12.8 Å². The molecule has 1 aromatic heterocycles. The minimum absolute atomic E-state index is 0.127. The molecule has 2 aromatic rings. The Bertz CT molecular complexity index is 999. The average Bonchev–Trinajstić information content (AvgIpc) is 3.61. The highest BCUT2D eigenvalue weighted by atomic mass is 32.2. The van der Waals surface area contributed by atoms with E-state index in [4.69, 9.17) is 9.97 Å². The van der Waals surface area contributed by atoms with Gasteiger partial charge in [-0.3, -0.25) is 0 Å². The number of rotatable bonds is 7. The van der Waals surface area contributed by atoms with E-state index in [-0.39, 0.29) is 11.6 Å². The largest absolute Gasteiger partial charge is 0.354 e. The lowest BCUT2D eigenvalue weighted by Gasteiger charge is -2.36. The molecular weight excluding hydrogens is 403 g/mol. The Morgan fingerprint density at radius 1 is 1.03 bits per heavy atom. The molecule has 0 spiro atoms. The van der Waals surface area contributed by atoms with Gasteiger partial charge in [-0.2, -0.15) is 4.31 Å². The van der Waals surface area contributed by atoms with Crippen molar-refractivity contribution in [3.05, 3.63) is 52.7 Å². The number of anilines is 1. The lowest BCUT2D eigenvalue weighted by Crippen LogP contribution is -2.49. The van der Waals surface area contributed by atoms with Gasteiger partial charge in [0.05, 0.1) is 5.75 Å². The van der Waals surface area contributed by atoms with Gasteiger partial charge in [-0.15, -0.1) is 0 Å². The predicted octanol–water partition coefficient (Wildman–Crippen LogP) is 3.12. The number of hydrogen-bond acceptors (Lipinski definition) is 5. The number of hydrogen-bond donors (Lipinski definition) is 0. The predicted molar refractivity (Wildman–Crippen MR) is 116 cm³/mol. The monoisotopic (exact) mass is 432 g/mol. The molecule has 30 heavy (non-hydrogen) atoms. The van der Waals surface area contributed by atoms with Gasteiger partial charge in [0.2, 0.25) is 10.0 Å². The number of benzene rings is 1.